The minimum atomic E-state index is -1.20. The maximum Gasteiger partial charge on any atom is 0.335 e. The van der Waals surface area contributed by atoms with Crippen LogP contribution in [0.3, 0.4) is 0 Å². The zero-order valence-corrected chi connectivity index (χ0v) is 39.0. The second kappa shape index (κ2) is 30.3. The maximum absolute atomic E-state index is 10.8. The topological polar surface area (TPSA) is 229 Å². The van der Waals surface area contributed by atoms with E-state index in [-0.39, 0.29) is 38.2 Å². The first-order chi connectivity index (χ1) is 30.3. The summed E-state index contributed by atoms with van der Waals surface area (Å²) in [7, 11) is 0. The lowest BCUT2D eigenvalue weighted by molar-refractivity contribution is -0.385. The van der Waals surface area contributed by atoms with E-state index in [1.165, 1.54) is 36.4 Å². The average molecular weight is 953 g/mol. The summed E-state index contributed by atoms with van der Waals surface area (Å²) in [4.78, 5) is 53.0. The number of carboxylic acids is 4. The van der Waals surface area contributed by atoms with Gasteiger partial charge in [0, 0.05) is 6.07 Å². The largest absolute Gasteiger partial charge is 0.493 e. The van der Waals surface area contributed by atoms with Crippen LogP contribution in [-0.2, 0) is 0 Å². The van der Waals surface area contributed by atoms with Crippen LogP contribution in [0, 0.1) is 24.0 Å². The van der Waals surface area contributed by atoms with Crippen molar-refractivity contribution < 1.29 is 63.5 Å². The van der Waals surface area contributed by atoms with Gasteiger partial charge in [-0.25, -0.2) is 19.2 Å². The molecule has 0 saturated heterocycles. The fraction of sp³-hybridized carbons (Fsp3) is 0.391. The molecule has 64 heavy (non-hydrogen) atoms. The van der Waals surface area contributed by atoms with Gasteiger partial charge < -0.3 is 39.4 Å². The first-order valence-corrected chi connectivity index (χ1v) is 21.6. The van der Waals surface area contributed by atoms with Crippen molar-refractivity contribution in [1.82, 2.24) is 0 Å². The van der Waals surface area contributed by atoms with Crippen LogP contribution in [0.1, 0.15) is 132 Å². The number of nitro benzene ring substituents is 1. The van der Waals surface area contributed by atoms with Gasteiger partial charge >= 0.3 is 29.6 Å². The number of nitro groups is 1. The highest BCUT2D eigenvalue weighted by Gasteiger charge is 2.18. The number of carbonyl (C=O) groups is 4. The number of ether oxygens (including phenoxy) is 4. The Morgan fingerprint density at radius 2 is 0.844 bits per heavy atom. The molecule has 0 fully saturated rings. The first kappa shape index (κ1) is 56.2. The van der Waals surface area contributed by atoms with Crippen molar-refractivity contribution in [3.05, 3.63) is 119 Å². The molecule has 4 rings (SSSR count). The van der Waals surface area contributed by atoms with Crippen LogP contribution in [-0.4, -0.2) is 75.7 Å². The van der Waals surface area contributed by atoms with Crippen molar-refractivity contribution >= 4 is 64.4 Å². The SMILES string of the molecule is CCCCOc1c(C)cc(C(=O)O)cc1C.CCCCOc1c(Cl)cc(C(=O)O)cc1Cl.CCCCOc1ccc(C(=O)O)cc1Cl.CCCCOc1ccc(C(=O)O)cc1[N+](=O)[O-]. The van der Waals surface area contributed by atoms with E-state index < -0.39 is 28.8 Å². The van der Waals surface area contributed by atoms with E-state index in [4.69, 9.17) is 74.2 Å². The van der Waals surface area contributed by atoms with E-state index in [0.29, 0.717) is 48.5 Å². The molecule has 350 valence electrons. The number of carboxylic acid groups (broad SMARTS) is 4. The van der Waals surface area contributed by atoms with Crippen LogP contribution in [0.15, 0.2) is 60.7 Å². The summed E-state index contributed by atoms with van der Waals surface area (Å²) in [6.45, 7) is 14.1. The molecular weight excluding hydrogens is 897 g/mol. The third kappa shape index (κ3) is 20.2. The van der Waals surface area contributed by atoms with Gasteiger partial charge in [0.1, 0.15) is 11.5 Å². The average Bonchev–Trinajstić information content (AvgIpc) is 3.24. The van der Waals surface area contributed by atoms with E-state index in [2.05, 4.69) is 13.8 Å². The highest BCUT2D eigenvalue weighted by molar-refractivity contribution is 6.37. The fourth-order valence-electron chi connectivity index (χ4n) is 5.08. The lowest BCUT2D eigenvalue weighted by atomic mass is 10.1. The molecule has 0 aliphatic rings. The summed E-state index contributed by atoms with van der Waals surface area (Å²) in [5.74, 6) is -2.34. The normalized spacial score (nSPS) is 10.1. The van der Waals surface area contributed by atoms with Gasteiger partial charge in [-0.1, -0.05) is 88.2 Å². The summed E-state index contributed by atoms with van der Waals surface area (Å²) in [6.07, 6.45) is 7.71. The van der Waals surface area contributed by atoms with Gasteiger partial charge in [0.2, 0.25) is 0 Å². The lowest BCUT2D eigenvalue weighted by Crippen LogP contribution is -2.03. The number of hydrogen-bond acceptors (Lipinski definition) is 10. The molecule has 0 bridgehead atoms. The van der Waals surface area contributed by atoms with Gasteiger partial charge in [0.05, 0.1) is 68.7 Å². The van der Waals surface area contributed by atoms with E-state index in [0.717, 1.165) is 74.3 Å². The zero-order valence-electron chi connectivity index (χ0n) is 36.7. The zero-order chi connectivity index (χ0) is 48.4. The smallest absolute Gasteiger partial charge is 0.335 e. The Kier molecular flexibility index (Phi) is 26.7. The molecule has 0 saturated carbocycles. The minimum absolute atomic E-state index is 0.0536. The van der Waals surface area contributed by atoms with Crippen LogP contribution in [0.5, 0.6) is 23.0 Å². The van der Waals surface area contributed by atoms with E-state index in [9.17, 15) is 29.3 Å². The fourth-order valence-corrected chi connectivity index (χ4v) is 5.91. The second-order valence-corrected chi connectivity index (χ2v) is 15.0. The van der Waals surface area contributed by atoms with Gasteiger partial charge in [-0.3, -0.25) is 10.1 Å². The van der Waals surface area contributed by atoms with Gasteiger partial charge in [-0.15, -0.1) is 0 Å². The van der Waals surface area contributed by atoms with E-state index in [1.807, 2.05) is 27.7 Å². The number of aromatic carboxylic acids is 4. The molecule has 0 unspecified atom stereocenters. The molecule has 0 aromatic heterocycles. The molecule has 0 aliphatic carbocycles. The van der Waals surface area contributed by atoms with Gasteiger partial charge in [0.15, 0.2) is 11.5 Å². The number of benzene rings is 4. The molecular formula is C46H56Cl3NO14. The molecule has 0 heterocycles. The van der Waals surface area contributed by atoms with Gasteiger partial charge in [-0.05, 0) is 105 Å². The minimum Gasteiger partial charge on any atom is -0.493 e. The Hall–Kier alpha value is -5.77. The predicted octanol–water partition coefficient (Wildman–Crippen LogP) is 12.7. The number of halogens is 3. The molecule has 0 aliphatic heterocycles. The van der Waals surface area contributed by atoms with Crippen LogP contribution in [0.4, 0.5) is 5.69 Å². The summed E-state index contributed by atoms with van der Waals surface area (Å²) >= 11 is 17.6. The molecule has 15 nitrogen and oxygen atoms in total. The number of nitrogens with zero attached hydrogens (tertiary/aromatic N) is 1. The number of unbranched alkanes of at least 4 members (excludes halogenated alkanes) is 4. The summed E-state index contributed by atoms with van der Waals surface area (Å²) in [6, 6.07) is 14.0. The molecule has 4 aromatic carbocycles. The van der Waals surface area contributed by atoms with Gasteiger partial charge in [-0.2, -0.15) is 0 Å². The highest BCUT2D eigenvalue weighted by Crippen LogP contribution is 2.34. The number of rotatable bonds is 21. The first-order valence-electron chi connectivity index (χ1n) is 20.5. The Labute approximate surface area is 387 Å². The van der Waals surface area contributed by atoms with Crippen LogP contribution in [0.25, 0.3) is 0 Å². The van der Waals surface area contributed by atoms with Crippen LogP contribution >= 0.6 is 34.8 Å². The molecule has 18 heteroatoms. The molecule has 0 radical (unpaired) electrons. The number of aryl methyl sites for hydroxylation is 2. The summed E-state index contributed by atoms with van der Waals surface area (Å²) in [5, 5.41) is 46.7. The third-order valence-electron chi connectivity index (χ3n) is 8.53. The number of hydrogen-bond donors (Lipinski definition) is 4. The lowest BCUT2D eigenvalue weighted by Gasteiger charge is -2.12. The summed E-state index contributed by atoms with van der Waals surface area (Å²) in [5.41, 5.74) is 1.86. The van der Waals surface area contributed by atoms with E-state index in [1.54, 1.807) is 18.2 Å². The second-order valence-electron chi connectivity index (χ2n) is 13.8. The van der Waals surface area contributed by atoms with Gasteiger partial charge in [0.25, 0.3) is 0 Å². The Morgan fingerprint density at radius 1 is 0.500 bits per heavy atom. The Balaban J connectivity index is 0.000000427. The Morgan fingerprint density at radius 3 is 1.23 bits per heavy atom. The van der Waals surface area contributed by atoms with Crippen LogP contribution < -0.4 is 18.9 Å². The van der Waals surface area contributed by atoms with E-state index >= 15 is 0 Å². The third-order valence-corrected chi connectivity index (χ3v) is 9.39. The molecule has 0 atom stereocenters. The Bertz CT molecular complexity index is 2040. The van der Waals surface area contributed by atoms with Crippen molar-refractivity contribution in [3.63, 3.8) is 0 Å². The molecule has 4 N–H and O–H groups in total. The van der Waals surface area contributed by atoms with Crippen LogP contribution in [0.2, 0.25) is 15.1 Å². The summed E-state index contributed by atoms with van der Waals surface area (Å²) < 4.78 is 21.7. The monoisotopic (exact) mass is 951 g/mol. The molecule has 0 spiro atoms. The van der Waals surface area contributed by atoms with Crippen molar-refractivity contribution in [1.29, 1.82) is 0 Å². The predicted molar refractivity (Wildman–Crippen MR) is 246 cm³/mol. The quantitative estimate of drug-likeness (QED) is 0.0346. The van der Waals surface area contributed by atoms with Crippen molar-refractivity contribution in [2.75, 3.05) is 26.4 Å². The van der Waals surface area contributed by atoms with Crippen molar-refractivity contribution in [3.8, 4) is 23.0 Å². The molecule has 4 aromatic rings. The van der Waals surface area contributed by atoms with Crippen molar-refractivity contribution in [2.24, 2.45) is 0 Å². The molecule has 0 amide bonds. The highest BCUT2D eigenvalue weighted by atomic mass is 35.5. The standard InChI is InChI=1S/C13H18O3.C11H12Cl2O3.C11H13ClO3.C11H13NO5/c1-4-5-6-16-12-9(2)7-11(13(14)15)8-10(12)3;1-2-3-4-16-10-8(12)5-7(11(14)15)6-9(10)13;1-2-3-6-15-10-5-4-8(11(13)14)7-9(10)12;1-2-3-6-17-10-5-4-8(11(13)14)7-9(10)12(15)16/h7-8H,4-6H2,1-3H3,(H,14,15);5-6H,2-4H2,1H3,(H,14,15);4-5,7H,2-3,6H2,1H3,(H,13,14);4-5,7H,2-3,6H2,1H3,(H,13,14). The maximum atomic E-state index is 10.8. The van der Waals surface area contributed by atoms with Crippen molar-refractivity contribution in [2.45, 2.75) is 92.9 Å².